The molecule has 3 rings (SSSR count). The molecule has 5 nitrogen and oxygen atoms in total. The van der Waals surface area contributed by atoms with Gasteiger partial charge in [0.2, 0.25) is 10.0 Å². The molecule has 0 unspecified atom stereocenters. The van der Waals surface area contributed by atoms with Crippen LogP contribution in [0.15, 0.2) is 30.3 Å². The Kier molecular flexibility index (Phi) is 4.58. The average Bonchev–Trinajstić information content (AvgIpc) is 2.86. The summed E-state index contributed by atoms with van der Waals surface area (Å²) in [6.07, 6.45) is 3.22. The Morgan fingerprint density at radius 2 is 1.87 bits per heavy atom. The first-order valence-electron chi connectivity index (χ1n) is 8.11. The molecule has 2 aliphatic rings. The number of ketones is 1. The number of rotatable bonds is 3. The van der Waals surface area contributed by atoms with Crippen molar-refractivity contribution in [2.45, 2.75) is 51.0 Å². The predicted octanol–water partition coefficient (Wildman–Crippen LogP) is 2.49. The van der Waals surface area contributed by atoms with Gasteiger partial charge in [0, 0.05) is 6.42 Å². The quantitative estimate of drug-likeness (QED) is 0.850. The van der Waals surface area contributed by atoms with E-state index < -0.39 is 16.3 Å². The Morgan fingerprint density at radius 1 is 1.17 bits per heavy atom. The first-order valence-corrected chi connectivity index (χ1v) is 9.96. The van der Waals surface area contributed by atoms with Gasteiger partial charge < -0.3 is 4.74 Å². The van der Waals surface area contributed by atoms with Gasteiger partial charge in [0.25, 0.3) is 0 Å². The zero-order valence-electron chi connectivity index (χ0n) is 13.5. The third-order valence-corrected chi connectivity index (χ3v) is 6.14. The van der Waals surface area contributed by atoms with E-state index in [0.29, 0.717) is 12.8 Å². The Bertz CT molecular complexity index is 673. The molecular weight excluding hydrogens is 314 g/mol. The molecule has 4 atom stereocenters. The minimum Gasteiger partial charge on any atom is -0.352 e. The van der Waals surface area contributed by atoms with E-state index in [-0.39, 0.29) is 23.8 Å². The van der Waals surface area contributed by atoms with Crippen LogP contribution in [0.2, 0.25) is 0 Å². The molecule has 1 saturated heterocycles. The Balaban J connectivity index is 1.95. The van der Waals surface area contributed by atoms with Crippen LogP contribution in [0.4, 0.5) is 0 Å². The molecule has 1 aromatic rings. The van der Waals surface area contributed by atoms with E-state index >= 15 is 0 Å². The monoisotopic (exact) mass is 337 g/mol. The fourth-order valence-corrected chi connectivity index (χ4v) is 5.05. The van der Waals surface area contributed by atoms with E-state index in [1.807, 2.05) is 37.3 Å². The van der Waals surface area contributed by atoms with Crippen molar-refractivity contribution < 1.29 is 17.9 Å². The lowest BCUT2D eigenvalue weighted by Crippen LogP contribution is -2.46. The molecule has 1 aromatic carbocycles. The van der Waals surface area contributed by atoms with Crippen LogP contribution in [-0.2, 0) is 19.6 Å². The number of Topliss-reactive ketones (excluding diaryl/α,β-unsaturated/α-hetero) is 1. The maximum Gasteiger partial charge on any atom is 0.213 e. The van der Waals surface area contributed by atoms with Gasteiger partial charge in [-0.1, -0.05) is 36.8 Å². The predicted molar refractivity (Wildman–Crippen MR) is 87.2 cm³/mol. The lowest BCUT2D eigenvalue weighted by atomic mass is 9.86. The van der Waals surface area contributed by atoms with Crippen molar-refractivity contribution in [1.82, 2.24) is 4.31 Å². The van der Waals surface area contributed by atoms with Crippen LogP contribution in [0.5, 0.6) is 0 Å². The van der Waals surface area contributed by atoms with Crippen molar-refractivity contribution in [1.29, 1.82) is 0 Å². The van der Waals surface area contributed by atoms with Crippen molar-refractivity contribution >= 4 is 15.8 Å². The van der Waals surface area contributed by atoms with Crippen molar-refractivity contribution in [3.63, 3.8) is 0 Å². The third-order valence-electron chi connectivity index (χ3n) is 4.83. The number of benzene rings is 1. The molecule has 1 aliphatic carbocycles. The summed E-state index contributed by atoms with van der Waals surface area (Å²) >= 11 is 0. The highest BCUT2D eigenvalue weighted by Crippen LogP contribution is 2.41. The largest absolute Gasteiger partial charge is 0.352 e. The summed E-state index contributed by atoms with van der Waals surface area (Å²) in [5, 5.41) is 0. The van der Waals surface area contributed by atoms with Crippen molar-refractivity contribution in [3.05, 3.63) is 35.9 Å². The summed E-state index contributed by atoms with van der Waals surface area (Å²) in [7, 11) is -3.46. The van der Waals surface area contributed by atoms with Gasteiger partial charge in [-0.3, -0.25) is 4.79 Å². The topological polar surface area (TPSA) is 63.7 Å². The van der Waals surface area contributed by atoms with E-state index in [9.17, 15) is 13.2 Å². The van der Waals surface area contributed by atoms with Crippen LogP contribution in [-0.4, -0.2) is 37.0 Å². The lowest BCUT2D eigenvalue weighted by molar-refractivity contribution is -0.132. The molecular formula is C17H23NO4S. The molecule has 2 fully saturated rings. The SMILES string of the molecule is C[C@@H]1[C@@H](c2ccccc2)O[C@@H]([C@H]2CCCCC2=O)N1S(C)(=O)=O. The molecule has 1 aliphatic heterocycles. The highest BCUT2D eigenvalue weighted by atomic mass is 32.2. The molecule has 23 heavy (non-hydrogen) atoms. The zero-order valence-corrected chi connectivity index (χ0v) is 14.3. The minimum atomic E-state index is -3.46. The third kappa shape index (κ3) is 3.20. The van der Waals surface area contributed by atoms with Gasteiger partial charge in [-0.15, -0.1) is 0 Å². The standard InChI is InChI=1S/C17H23NO4S/c1-12-16(13-8-4-3-5-9-13)22-17(18(12)23(2,20)21)14-10-6-7-11-15(14)19/h3-5,8-9,12,14,16-17H,6-7,10-11H2,1-2H3/t12-,14+,16+,17+/m1/s1. The lowest BCUT2D eigenvalue weighted by Gasteiger charge is -2.31. The number of hydrogen-bond donors (Lipinski definition) is 0. The first kappa shape index (κ1) is 16.6. The van der Waals surface area contributed by atoms with Gasteiger partial charge in [-0.2, -0.15) is 4.31 Å². The Morgan fingerprint density at radius 3 is 2.48 bits per heavy atom. The molecule has 0 spiro atoms. The fraction of sp³-hybridized carbons (Fsp3) is 0.588. The second-order valence-electron chi connectivity index (χ2n) is 6.51. The van der Waals surface area contributed by atoms with E-state index in [2.05, 4.69) is 0 Å². The van der Waals surface area contributed by atoms with E-state index in [0.717, 1.165) is 18.4 Å². The summed E-state index contributed by atoms with van der Waals surface area (Å²) in [6.45, 7) is 1.85. The number of carbonyl (C=O) groups excluding carboxylic acids is 1. The normalized spacial score (nSPS) is 33.0. The summed E-state index contributed by atoms with van der Waals surface area (Å²) in [6, 6.07) is 9.29. The molecule has 0 bridgehead atoms. The van der Waals surface area contributed by atoms with Crippen LogP contribution >= 0.6 is 0 Å². The number of sulfonamides is 1. The summed E-state index contributed by atoms with van der Waals surface area (Å²) in [4.78, 5) is 12.3. The number of ether oxygens (including phenoxy) is 1. The maximum absolute atomic E-state index is 12.3. The van der Waals surface area contributed by atoms with Crippen LogP contribution in [0.1, 0.15) is 44.3 Å². The molecule has 0 N–H and O–H groups in total. The molecule has 126 valence electrons. The van der Waals surface area contributed by atoms with Gasteiger partial charge in [-0.05, 0) is 25.3 Å². The Hall–Kier alpha value is -1.24. The van der Waals surface area contributed by atoms with Crippen LogP contribution in [0.25, 0.3) is 0 Å². The highest BCUT2D eigenvalue weighted by molar-refractivity contribution is 7.88. The van der Waals surface area contributed by atoms with Gasteiger partial charge in [0.15, 0.2) is 0 Å². The Labute approximate surface area is 137 Å². The average molecular weight is 337 g/mol. The van der Waals surface area contributed by atoms with Crippen molar-refractivity contribution in [2.75, 3.05) is 6.26 Å². The summed E-state index contributed by atoms with van der Waals surface area (Å²) < 4.78 is 32.2. The van der Waals surface area contributed by atoms with Gasteiger partial charge in [0.05, 0.1) is 18.2 Å². The number of hydrogen-bond acceptors (Lipinski definition) is 4. The van der Waals surface area contributed by atoms with E-state index in [1.165, 1.54) is 10.6 Å². The summed E-state index contributed by atoms with van der Waals surface area (Å²) in [5.41, 5.74) is 0.944. The summed E-state index contributed by atoms with van der Waals surface area (Å²) in [5.74, 6) is -0.231. The molecule has 0 amide bonds. The molecule has 0 radical (unpaired) electrons. The van der Waals surface area contributed by atoms with Crippen molar-refractivity contribution in [2.24, 2.45) is 5.92 Å². The van der Waals surface area contributed by atoms with Gasteiger partial charge >= 0.3 is 0 Å². The first-order chi connectivity index (χ1) is 10.9. The second kappa shape index (κ2) is 6.34. The van der Waals surface area contributed by atoms with Crippen molar-refractivity contribution in [3.8, 4) is 0 Å². The zero-order chi connectivity index (χ0) is 16.6. The fourth-order valence-electron chi connectivity index (χ4n) is 3.76. The number of carbonyl (C=O) groups is 1. The van der Waals surface area contributed by atoms with Crippen LogP contribution in [0, 0.1) is 5.92 Å². The highest BCUT2D eigenvalue weighted by Gasteiger charge is 2.50. The van der Waals surface area contributed by atoms with Crippen LogP contribution < -0.4 is 0 Å². The smallest absolute Gasteiger partial charge is 0.213 e. The number of nitrogens with zero attached hydrogens (tertiary/aromatic N) is 1. The van der Waals surface area contributed by atoms with E-state index in [1.54, 1.807) is 0 Å². The molecule has 1 heterocycles. The minimum absolute atomic E-state index is 0.121. The second-order valence-corrected chi connectivity index (χ2v) is 8.40. The molecule has 6 heteroatoms. The maximum atomic E-state index is 12.3. The molecule has 0 aromatic heterocycles. The van der Waals surface area contributed by atoms with Gasteiger partial charge in [-0.25, -0.2) is 8.42 Å². The molecule has 1 saturated carbocycles. The van der Waals surface area contributed by atoms with Gasteiger partial charge in [0.1, 0.15) is 18.1 Å². The van der Waals surface area contributed by atoms with Crippen LogP contribution in [0.3, 0.4) is 0 Å². The van der Waals surface area contributed by atoms with E-state index in [4.69, 9.17) is 4.74 Å².